The van der Waals surface area contributed by atoms with E-state index in [4.69, 9.17) is 22.1 Å². The summed E-state index contributed by atoms with van der Waals surface area (Å²) in [5.74, 6) is 0.871. The highest BCUT2D eigenvalue weighted by Crippen LogP contribution is 2.20. The van der Waals surface area contributed by atoms with Crippen molar-refractivity contribution in [3.05, 3.63) is 58.6 Å². The maximum atomic E-state index is 6.01. The second-order valence-electron chi connectivity index (χ2n) is 4.86. The summed E-state index contributed by atoms with van der Waals surface area (Å²) in [7, 11) is 3.73. The Morgan fingerprint density at radius 3 is 2.45 bits per heavy atom. The van der Waals surface area contributed by atoms with E-state index in [0.717, 1.165) is 30.1 Å². The molecule has 0 saturated carbocycles. The fraction of sp³-hybridized carbons (Fsp3) is 0.250. The summed E-state index contributed by atoms with van der Waals surface area (Å²) in [5, 5.41) is 0.715. The summed E-state index contributed by atoms with van der Waals surface area (Å²) in [6.45, 7) is 1.61. The smallest absolute Gasteiger partial charge is 0.118 e. The molecular formula is C16H19ClN2O. The van der Waals surface area contributed by atoms with Crippen LogP contribution < -0.4 is 10.5 Å². The van der Waals surface area contributed by atoms with Gasteiger partial charge >= 0.3 is 0 Å². The number of benzene rings is 2. The molecule has 20 heavy (non-hydrogen) atoms. The molecule has 3 nitrogen and oxygen atoms in total. The van der Waals surface area contributed by atoms with Crippen LogP contribution in [0.15, 0.2) is 42.5 Å². The first-order valence-electron chi connectivity index (χ1n) is 6.44. The lowest BCUT2D eigenvalue weighted by atomic mass is 10.1. The second-order valence-corrected chi connectivity index (χ2v) is 5.30. The van der Waals surface area contributed by atoms with Crippen LogP contribution >= 0.6 is 11.6 Å². The van der Waals surface area contributed by atoms with E-state index in [-0.39, 0.29) is 0 Å². The average Bonchev–Trinajstić information content (AvgIpc) is 2.43. The molecule has 0 aromatic heterocycles. The van der Waals surface area contributed by atoms with Crippen LogP contribution in [-0.2, 0) is 13.1 Å². The lowest BCUT2D eigenvalue weighted by molar-refractivity contribution is 0.319. The first-order chi connectivity index (χ1) is 9.58. The quantitative estimate of drug-likeness (QED) is 0.856. The molecule has 0 aliphatic carbocycles. The van der Waals surface area contributed by atoms with Crippen LogP contribution in [0.4, 0.5) is 5.69 Å². The Kier molecular flexibility index (Phi) is 4.88. The zero-order valence-corrected chi connectivity index (χ0v) is 12.5. The van der Waals surface area contributed by atoms with E-state index in [2.05, 4.69) is 24.1 Å². The van der Waals surface area contributed by atoms with Gasteiger partial charge in [-0.05, 0) is 48.5 Å². The number of anilines is 1. The molecular weight excluding hydrogens is 272 g/mol. The summed E-state index contributed by atoms with van der Waals surface area (Å²) in [6.07, 6.45) is 0. The normalized spacial score (nSPS) is 10.8. The van der Waals surface area contributed by atoms with Crippen molar-refractivity contribution in [3.63, 3.8) is 0 Å². The molecule has 0 amide bonds. The lowest BCUT2D eigenvalue weighted by Crippen LogP contribution is -2.18. The van der Waals surface area contributed by atoms with Gasteiger partial charge in [-0.1, -0.05) is 23.7 Å². The van der Waals surface area contributed by atoms with Crippen molar-refractivity contribution in [2.24, 2.45) is 0 Å². The molecule has 0 unspecified atom stereocenters. The van der Waals surface area contributed by atoms with Gasteiger partial charge in [-0.25, -0.2) is 0 Å². The summed E-state index contributed by atoms with van der Waals surface area (Å²) in [5.41, 5.74) is 9.02. The second kappa shape index (κ2) is 6.64. The molecule has 2 N–H and O–H groups in total. The van der Waals surface area contributed by atoms with E-state index in [9.17, 15) is 0 Å². The predicted octanol–water partition coefficient (Wildman–Crippen LogP) is 3.56. The number of rotatable bonds is 5. The summed E-state index contributed by atoms with van der Waals surface area (Å²) < 4.78 is 5.15. The van der Waals surface area contributed by atoms with Crippen molar-refractivity contribution in [2.75, 3.05) is 19.9 Å². The van der Waals surface area contributed by atoms with E-state index in [0.29, 0.717) is 5.02 Å². The van der Waals surface area contributed by atoms with E-state index < -0.39 is 0 Å². The Balaban J connectivity index is 2.00. The highest BCUT2D eigenvalue weighted by atomic mass is 35.5. The largest absolute Gasteiger partial charge is 0.497 e. The first kappa shape index (κ1) is 14.7. The third-order valence-corrected chi connectivity index (χ3v) is 3.39. The van der Waals surface area contributed by atoms with Crippen molar-refractivity contribution < 1.29 is 4.74 Å². The van der Waals surface area contributed by atoms with E-state index >= 15 is 0 Å². The monoisotopic (exact) mass is 290 g/mol. The van der Waals surface area contributed by atoms with E-state index in [1.807, 2.05) is 30.3 Å². The molecule has 0 heterocycles. The van der Waals surface area contributed by atoms with E-state index in [1.54, 1.807) is 7.11 Å². The SMILES string of the molecule is COc1ccc(CN(C)Cc2cc(Cl)ccc2N)cc1. The standard InChI is InChI=1S/C16H19ClN2O/c1-19(10-12-3-6-15(20-2)7-4-12)11-13-9-14(17)5-8-16(13)18/h3-9H,10-11,18H2,1-2H3. The molecule has 2 aromatic carbocycles. The maximum Gasteiger partial charge on any atom is 0.118 e. The summed E-state index contributed by atoms with van der Waals surface area (Å²) >= 11 is 6.01. The number of ether oxygens (including phenoxy) is 1. The molecule has 0 bridgehead atoms. The van der Waals surface area contributed by atoms with Crippen LogP contribution in [-0.4, -0.2) is 19.1 Å². The zero-order chi connectivity index (χ0) is 14.5. The van der Waals surface area contributed by atoms with Crippen molar-refractivity contribution in [1.82, 2.24) is 4.90 Å². The fourth-order valence-electron chi connectivity index (χ4n) is 2.10. The number of nitrogen functional groups attached to an aromatic ring is 1. The van der Waals surface area contributed by atoms with Crippen LogP contribution in [0.3, 0.4) is 0 Å². The van der Waals surface area contributed by atoms with Gasteiger partial charge in [0.05, 0.1) is 7.11 Å². The summed E-state index contributed by atoms with van der Waals surface area (Å²) in [4.78, 5) is 2.20. The van der Waals surface area contributed by atoms with Crippen LogP contribution in [0.5, 0.6) is 5.75 Å². The van der Waals surface area contributed by atoms with Crippen molar-refractivity contribution >= 4 is 17.3 Å². The van der Waals surface area contributed by atoms with Crippen LogP contribution in [0.1, 0.15) is 11.1 Å². The number of nitrogens with zero attached hydrogens (tertiary/aromatic N) is 1. The molecule has 0 radical (unpaired) electrons. The Labute approximate surface area is 124 Å². The number of halogens is 1. The fourth-order valence-corrected chi connectivity index (χ4v) is 2.30. The van der Waals surface area contributed by atoms with Crippen molar-refractivity contribution in [3.8, 4) is 5.75 Å². The molecule has 0 aliphatic heterocycles. The molecule has 2 rings (SSSR count). The zero-order valence-electron chi connectivity index (χ0n) is 11.8. The highest BCUT2D eigenvalue weighted by molar-refractivity contribution is 6.30. The summed E-state index contributed by atoms with van der Waals surface area (Å²) in [6, 6.07) is 13.6. The molecule has 4 heteroatoms. The third-order valence-electron chi connectivity index (χ3n) is 3.16. The number of methoxy groups -OCH3 is 1. The van der Waals surface area contributed by atoms with E-state index in [1.165, 1.54) is 5.56 Å². The predicted molar refractivity (Wildman–Crippen MR) is 84.0 cm³/mol. The van der Waals surface area contributed by atoms with Crippen molar-refractivity contribution in [1.29, 1.82) is 0 Å². The van der Waals surface area contributed by atoms with Gasteiger partial charge in [-0.3, -0.25) is 4.90 Å². The number of hydrogen-bond donors (Lipinski definition) is 1. The third kappa shape index (κ3) is 3.89. The minimum Gasteiger partial charge on any atom is -0.497 e. The van der Waals surface area contributed by atoms with Gasteiger partial charge < -0.3 is 10.5 Å². The molecule has 106 valence electrons. The number of nitrogens with two attached hydrogens (primary N) is 1. The van der Waals surface area contributed by atoms with Gasteiger partial charge in [0.25, 0.3) is 0 Å². The molecule has 2 aromatic rings. The molecule has 0 saturated heterocycles. The van der Waals surface area contributed by atoms with Crippen LogP contribution in [0.25, 0.3) is 0 Å². The lowest BCUT2D eigenvalue weighted by Gasteiger charge is -2.18. The van der Waals surface area contributed by atoms with Crippen LogP contribution in [0.2, 0.25) is 5.02 Å². The minimum absolute atomic E-state index is 0.715. The Bertz CT molecular complexity index is 569. The van der Waals surface area contributed by atoms with Gasteiger partial charge in [0, 0.05) is 23.8 Å². The average molecular weight is 291 g/mol. The molecule has 0 aliphatic rings. The Morgan fingerprint density at radius 2 is 1.80 bits per heavy atom. The minimum atomic E-state index is 0.715. The topological polar surface area (TPSA) is 38.5 Å². The van der Waals surface area contributed by atoms with Gasteiger partial charge in [0.15, 0.2) is 0 Å². The Hall–Kier alpha value is -1.71. The van der Waals surface area contributed by atoms with Gasteiger partial charge in [0.1, 0.15) is 5.75 Å². The number of hydrogen-bond acceptors (Lipinski definition) is 3. The van der Waals surface area contributed by atoms with Crippen LogP contribution in [0, 0.1) is 0 Å². The highest BCUT2D eigenvalue weighted by Gasteiger charge is 2.06. The van der Waals surface area contributed by atoms with Gasteiger partial charge in [-0.15, -0.1) is 0 Å². The molecule has 0 spiro atoms. The Morgan fingerprint density at radius 1 is 1.10 bits per heavy atom. The molecule has 0 atom stereocenters. The van der Waals surface area contributed by atoms with Crippen molar-refractivity contribution in [2.45, 2.75) is 13.1 Å². The molecule has 0 fully saturated rings. The first-order valence-corrected chi connectivity index (χ1v) is 6.81. The maximum absolute atomic E-state index is 6.01. The van der Waals surface area contributed by atoms with Gasteiger partial charge in [-0.2, -0.15) is 0 Å². The van der Waals surface area contributed by atoms with Gasteiger partial charge in [0.2, 0.25) is 0 Å².